The summed E-state index contributed by atoms with van der Waals surface area (Å²) in [6.07, 6.45) is 2.40. The third kappa shape index (κ3) is 4.73. The minimum atomic E-state index is 0.682. The van der Waals surface area contributed by atoms with Crippen LogP contribution in [0.3, 0.4) is 0 Å². The van der Waals surface area contributed by atoms with Crippen molar-refractivity contribution in [2.24, 2.45) is 0 Å². The maximum Gasteiger partial charge on any atom is 0.0738 e. The Hall–Kier alpha value is 0.250. The molecule has 0 N–H and O–H groups in total. The van der Waals surface area contributed by atoms with E-state index in [1.54, 1.807) is 0 Å². The quantitative estimate of drug-likeness (QED) is 0.429. The molecule has 0 aliphatic carbocycles. The van der Waals surface area contributed by atoms with Gasteiger partial charge in [-0.3, -0.25) is 4.90 Å². The predicted octanol–water partition coefficient (Wildman–Crippen LogP) is 2.30. The van der Waals surface area contributed by atoms with E-state index in [0.717, 1.165) is 13.1 Å². The Bertz CT molecular complexity index is 50.9. The number of halogens is 1. The highest BCUT2D eigenvalue weighted by molar-refractivity contribution is 6.17. The first-order valence-electron chi connectivity index (χ1n) is 3.63. The number of nitrogens with zero attached hydrogens (tertiary/aromatic N) is 1. The van der Waals surface area contributed by atoms with E-state index >= 15 is 0 Å². The van der Waals surface area contributed by atoms with Gasteiger partial charge in [-0.05, 0) is 25.9 Å². The molecule has 0 fully saturated rings. The zero-order chi connectivity index (χ0) is 7.11. The van der Waals surface area contributed by atoms with Gasteiger partial charge < -0.3 is 0 Å². The molecule has 0 saturated carbocycles. The number of hydrogen-bond donors (Lipinski definition) is 0. The van der Waals surface area contributed by atoms with Crippen LogP contribution in [0.1, 0.15) is 26.7 Å². The number of rotatable bonds is 5. The van der Waals surface area contributed by atoms with Crippen LogP contribution in [0, 0.1) is 0 Å². The van der Waals surface area contributed by atoms with E-state index in [0.29, 0.717) is 6.00 Å². The smallest absolute Gasteiger partial charge is 0.0738 e. The molecule has 0 aromatic rings. The molecule has 0 amide bonds. The highest BCUT2D eigenvalue weighted by Gasteiger charge is 1.97. The van der Waals surface area contributed by atoms with Crippen LogP contribution in [-0.2, 0) is 0 Å². The van der Waals surface area contributed by atoms with E-state index in [-0.39, 0.29) is 0 Å². The normalized spacial score (nSPS) is 10.7. The van der Waals surface area contributed by atoms with Gasteiger partial charge in [0.2, 0.25) is 0 Å². The largest absolute Gasteiger partial charge is 0.290 e. The maximum atomic E-state index is 5.65. The molecule has 0 aromatic heterocycles. The van der Waals surface area contributed by atoms with Crippen molar-refractivity contribution in [1.29, 1.82) is 0 Å². The van der Waals surface area contributed by atoms with Crippen LogP contribution in [0.25, 0.3) is 0 Å². The van der Waals surface area contributed by atoms with Crippen LogP contribution in [0.2, 0.25) is 0 Å². The Morgan fingerprint density at radius 2 is 1.56 bits per heavy atom. The van der Waals surface area contributed by atoms with Gasteiger partial charge in [0.15, 0.2) is 0 Å². The van der Waals surface area contributed by atoms with Crippen LogP contribution in [-0.4, -0.2) is 24.0 Å². The molecule has 2 heteroatoms. The summed E-state index contributed by atoms with van der Waals surface area (Å²) < 4.78 is 0. The van der Waals surface area contributed by atoms with E-state index in [1.807, 2.05) is 0 Å². The average Bonchev–Trinajstić information content (AvgIpc) is 1.88. The second kappa shape index (κ2) is 6.37. The second-order valence-electron chi connectivity index (χ2n) is 2.24. The number of alkyl halides is 1. The van der Waals surface area contributed by atoms with E-state index < -0.39 is 0 Å². The average molecular weight is 150 g/mol. The maximum absolute atomic E-state index is 5.65. The fourth-order valence-electron chi connectivity index (χ4n) is 0.864. The first-order chi connectivity index (χ1) is 4.35. The van der Waals surface area contributed by atoms with Crippen molar-refractivity contribution >= 4 is 11.6 Å². The van der Waals surface area contributed by atoms with Gasteiger partial charge in [-0.25, -0.2) is 0 Å². The lowest BCUT2D eigenvalue weighted by Gasteiger charge is -2.16. The highest BCUT2D eigenvalue weighted by Crippen LogP contribution is 1.94. The lowest BCUT2D eigenvalue weighted by Crippen LogP contribution is -2.23. The summed E-state index contributed by atoms with van der Waals surface area (Å²) in [6, 6.07) is 0.682. The molecule has 0 aliphatic rings. The fourth-order valence-corrected chi connectivity index (χ4v) is 1.10. The Morgan fingerprint density at radius 3 is 1.78 bits per heavy atom. The van der Waals surface area contributed by atoms with Crippen molar-refractivity contribution in [2.45, 2.75) is 26.7 Å². The van der Waals surface area contributed by atoms with E-state index in [4.69, 9.17) is 11.6 Å². The zero-order valence-corrected chi connectivity index (χ0v) is 7.12. The van der Waals surface area contributed by atoms with Crippen molar-refractivity contribution in [1.82, 2.24) is 4.90 Å². The van der Waals surface area contributed by atoms with Gasteiger partial charge in [-0.15, -0.1) is 11.6 Å². The Labute approximate surface area is 63.0 Å². The molecule has 0 rings (SSSR count). The highest BCUT2D eigenvalue weighted by atomic mass is 35.5. The zero-order valence-electron chi connectivity index (χ0n) is 6.36. The molecule has 0 atom stereocenters. The van der Waals surface area contributed by atoms with Gasteiger partial charge in [0.1, 0.15) is 0 Å². The topological polar surface area (TPSA) is 3.24 Å². The summed E-state index contributed by atoms with van der Waals surface area (Å²) in [5.74, 6) is 0. The van der Waals surface area contributed by atoms with Gasteiger partial charge in [-0.2, -0.15) is 0 Å². The molecule has 0 unspecified atom stereocenters. The van der Waals surface area contributed by atoms with Gasteiger partial charge in [-0.1, -0.05) is 13.8 Å². The van der Waals surface area contributed by atoms with Crippen molar-refractivity contribution < 1.29 is 0 Å². The summed E-state index contributed by atoms with van der Waals surface area (Å²) in [7, 11) is 0. The summed E-state index contributed by atoms with van der Waals surface area (Å²) in [6.45, 7) is 6.62. The standard InChI is InChI=1S/C7H16ClN/c1-3-5-9(7-8)6-4-2/h3-7H2,1-2H3. The molecule has 0 spiro atoms. The Kier molecular flexibility index (Phi) is 6.55. The third-order valence-corrected chi connectivity index (χ3v) is 1.59. The van der Waals surface area contributed by atoms with E-state index in [9.17, 15) is 0 Å². The molecule has 0 aromatic carbocycles. The van der Waals surface area contributed by atoms with Crippen LogP contribution >= 0.6 is 11.6 Å². The summed E-state index contributed by atoms with van der Waals surface area (Å²) in [5, 5.41) is 0. The van der Waals surface area contributed by atoms with Crippen LogP contribution in [0.4, 0.5) is 0 Å². The number of hydrogen-bond acceptors (Lipinski definition) is 1. The molecular formula is C7H16ClN. The predicted molar refractivity (Wildman–Crippen MR) is 42.9 cm³/mol. The van der Waals surface area contributed by atoms with E-state index in [2.05, 4.69) is 18.7 Å². The first kappa shape index (κ1) is 9.25. The first-order valence-corrected chi connectivity index (χ1v) is 4.16. The SMILES string of the molecule is CCCN(CCl)CCC. The summed E-state index contributed by atoms with van der Waals surface area (Å²) in [4.78, 5) is 2.25. The monoisotopic (exact) mass is 149 g/mol. The van der Waals surface area contributed by atoms with Gasteiger partial charge in [0, 0.05) is 0 Å². The molecule has 1 nitrogen and oxygen atoms in total. The van der Waals surface area contributed by atoms with Crippen molar-refractivity contribution in [3.8, 4) is 0 Å². The molecule has 0 aliphatic heterocycles. The molecule has 56 valence electrons. The van der Waals surface area contributed by atoms with Crippen molar-refractivity contribution in [3.63, 3.8) is 0 Å². The molecular weight excluding hydrogens is 134 g/mol. The third-order valence-electron chi connectivity index (χ3n) is 1.25. The molecule has 0 saturated heterocycles. The summed E-state index contributed by atoms with van der Waals surface area (Å²) >= 11 is 5.65. The van der Waals surface area contributed by atoms with Crippen LogP contribution < -0.4 is 0 Å². The fraction of sp³-hybridized carbons (Fsp3) is 1.00. The lowest BCUT2D eigenvalue weighted by atomic mass is 10.4. The van der Waals surface area contributed by atoms with E-state index in [1.165, 1.54) is 12.8 Å². The van der Waals surface area contributed by atoms with Crippen LogP contribution in [0.5, 0.6) is 0 Å². The molecule has 0 bridgehead atoms. The minimum absolute atomic E-state index is 0.682. The Balaban J connectivity index is 3.18. The molecule has 9 heavy (non-hydrogen) atoms. The minimum Gasteiger partial charge on any atom is -0.290 e. The second-order valence-corrected chi connectivity index (χ2v) is 2.48. The van der Waals surface area contributed by atoms with Gasteiger partial charge in [0.05, 0.1) is 6.00 Å². The van der Waals surface area contributed by atoms with Crippen molar-refractivity contribution in [3.05, 3.63) is 0 Å². The Morgan fingerprint density at radius 1 is 1.11 bits per heavy atom. The molecule has 0 radical (unpaired) electrons. The van der Waals surface area contributed by atoms with Gasteiger partial charge >= 0.3 is 0 Å². The van der Waals surface area contributed by atoms with Gasteiger partial charge in [0.25, 0.3) is 0 Å². The van der Waals surface area contributed by atoms with Crippen LogP contribution in [0.15, 0.2) is 0 Å². The lowest BCUT2D eigenvalue weighted by molar-refractivity contribution is 0.319. The molecule has 0 heterocycles. The van der Waals surface area contributed by atoms with Crippen molar-refractivity contribution in [2.75, 3.05) is 19.1 Å². The summed E-state index contributed by atoms with van der Waals surface area (Å²) in [5.41, 5.74) is 0.